The number of thiophene rings is 1. The smallest absolute Gasteiger partial charge is 0.273 e. The van der Waals surface area contributed by atoms with Gasteiger partial charge in [0, 0.05) is 5.56 Å². The average Bonchev–Trinajstić information content (AvgIpc) is 3.43. The Morgan fingerprint density at radius 2 is 1.87 bits per heavy atom. The van der Waals surface area contributed by atoms with Crippen molar-refractivity contribution in [2.45, 2.75) is 11.1 Å². The quantitative estimate of drug-likeness (QED) is 0.448. The molecular weight excluding hydrogens is 426 g/mol. The number of nitrogens with zero attached hydrogens (tertiary/aromatic N) is 1. The molecule has 1 aromatic heterocycles. The molecule has 4 rings (SSSR count). The fraction of sp³-hybridized carbons (Fsp3) is 0.100. The van der Waals surface area contributed by atoms with Crippen molar-refractivity contribution >= 4 is 38.7 Å². The van der Waals surface area contributed by atoms with Crippen LogP contribution < -0.4 is 19.6 Å². The first kappa shape index (κ1) is 19.9. The topological polar surface area (TPSA) is 106 Å². The highest BCUT2D eigenvalue weighted by Gasteiger charge is 2.19. The second kappa shape index (κ2) is 8.17. The van der Waals surface area contributed by atoms with E-state index >= 15 is 0 Å². The molecule has 0 radical (unpaired) electrons. The maximum atomic E-state index is 12.7. The molecule has 154 valence electrons. The van der Waals surface area contributed by atoms with Crippen molar-refractivity contribution in [3.8, 4) is 11.5 Å². The molecule has 8 nitrogen and oxygen atoms in total. The molecule has 0 saturated carbocycles. The fourth-order valence-electron chi connectivity index (χ4n) is 2.76. The molecule has 1 aliphatic rings. The minimum atomic E-state index is -3.78. The Balaban J connectivity index is 1.52. The van der Waals surface area contributed by atoms with Crippen LogP contribution in [0.4, 0.5) is 5.69 Å². The first-order chi connectivity index (χ1) is 14.4. The normalized spacial score (nSPS) is 13.2. The van der Waals surface area contributed by atoms with E-state index in [1.54, 1.807) is 42.6 Å². The number of para-hydroxylation sites is 1. The van der Waals surface area contributed by atoms with E-state index in [1.165, 1.54) is 18.2 Å². The fourth-order valence-corrected chi connectivity index (χ4v) is 4.84. The summed E-state index contributed by atoms with van der Waals surface area (Å²) in [4.78, 5) is 12.7. The summed E-state index contributed by atoms with van der Waals surface area (Å²) in [5.41, 5.74) is 4.10. The zero-order chi connectivity index (χ0) is 21.1. The number of rotatable bonds is 6. The highest BCUT2D eigenvalue weighted by molar-refractivity contribution is 7.94. The number of hydrogen-bond acceptors (Lipinski definition) is 7. The van der Waals surface area contributed by atoms with Crippen molar-refractivity contribution in [3.05, 3.63) is 71.1 Å². The van der Waals surface area contributed by atoms with E-state index in [4.69, 9.17) is 9.47 Å². The van der Waals surface area contributed by atoms with Gasteiger partial charge in [-0.15, -0.1) is 11.3 Å². The lowest BCUT2D eigenvalue weighted by molar-refractivity contribution is 0.0955. The number of hydrazone groups is 1. The van der Waals surface area contributed by atoms with Gasteiger partial charge in [-0.2, -0.15) is 5.10 Å². The number of hydrogen-bond donors (Lipinski definition) is 2. The van der Waals surface area contributed by atoms with E-state index in [-0.39, 0.29) is 22.3 Å². The molecule has 0 bridgehead atoms. The summed E-state index contributed by atoms with van der Waals surface area (Å²) in [5.74, 6) is 0.726. The number of nitrogens with one attached hydrogen (secondary N) is 2. The Bertz CT molecular complexity index is 1220. The van der Waals surface area contributed by atoms with E-state index in [2.05, 4.69) is 15.2 Å². The number of ether oxygens (including phenoxy) is 2. The average molecular weight is 444 g/mol. The van der Waals surface area contributed by atoms with Gasteiger partial charge in [-0.3, -0.25) is 9.52 Å². The third-order valence-corrected chi connectivity index (χ3v) is 7.05. The van der Waals surface area contributed by atoms with E-state index in [0.717, 1.165) is 16.9 Å². The Kier molecular flexibility index (Phi) is 5.42. The molecule has 1 amide bonds. The van der Waals surface area contributed by atoms with Gasteiger partial charge in [0.25, 0.3) is 15.9 Å². The summed E-state index contributed by atoms with van der Waals surface area (Å²) in [7, 11) is -3.78. The van der Waals surface area contributed by atoms with Crippen LogP contribution >= 0.6 is 11.3 Å². The Morgan fingerprint density at radius 1 is 1.07 bits per heavy atom. The second-order valence-electron chi connectivity index (χ2n) is 6.29. The van der Waals surface area contributed by atoms with Gasteiger partial charge < -0.3 is 9.47 Å². The second-order valence-corrected chi connectivity index (χ2v) is 9.15. The predicted octanol–water partition coefficient (Wildman–Crippen LogP) is 3.43. The molecule has 0 saturated heterocycles. The predicted molar refractivity (Wildman–Crippen MR) is 114 cm³/mol. The van der Waals surface area contributed by atoms with E-state index in [0.29, 0.717) is 17.2 Å². The van der Waals surface area contributed by atoms with Gasteiger partial charge in [0.2, 0.25) is 6.79 Å². The molecule has 2 aromatic carbocycles. The zero-order valence-corrected chi connectivity index (χ0v) is 17.4. The standard InChI is InChI=1S/C20H17N3O5S2/c1-13(14-8-9-17-18(11-14)28-12-27-17)21-22-20(24)15-5-2-3-6-16(15)23-30(25,26)19-7-4-10-29-19/h2-11,23H,12H2,1H3,(H,22,24). The van der Waals surface area contributed by atoms with Crippen LogP contribution in [0.2, 0.25) is 0 Å². The van der Waals surface area contributed by atoms with Crippen molar-refractivity contribution in [2.24, 2.45) is 5.10 Å². The number of sulfonamides is 1. The zero-order valence-electron chi connectivity index (χ0n) is 15.8. The molecule has 30 heavy (non-hydrogen) atoms. The minimum absolute atomic E-state index is 0.153. The number of amides is 1. The van der Waals surface area contributed by atoms with Crippen LogP contribution in [0.1, 0.15) is 22.8 Å². The minimum Gasteiger partial charge on any atom is -0.454 e. The van der Waals surface area contributed by atoms with Crippen molar-refractivity contribution in [1.29, 1.82) is 0 Å². The summed E-state index contributed by atoms with van der Waals surface area (Å²) >= 11 is 1.09. The number of carbonyl (C=O) groups is 1. The van der Waals surface area contributed by atoms with Gasteiger partial charge in [-0.25, -0.2) is 13.8 Å². The summed E-state index contributed by atoms with van der Waals surface area (Å²) in [6.45, 7) is 1.91. The number of benzene rings is 2. The summed E-state index contributed by atoms with van der Waals surface area (Å²) < 4.78 is 38.3. The molecule has 2 N–H and O–H groups in total. The van der Waals surface area contributed by atoms with E-state index in [1.807, 2.05) is 6.07 Å². The maximum absolute atomic E-state index is 12.7. The van der Waals surface area contributed by atoms with Gasteiger partial charge in [0.05, 0.1) is 17.0 Å². The largest absolute Gasteiger partial charge is 0.454 e. The number of anilines is 1. The molecule has 0 spiro atoms. The van der Waals surface area contributed by atoms with Crippen LogP contribution in [0.25, 0.3) is 0 Å². The summed E-state index contributed by atoms with van der Waals surface area (Å²) in [5, 5.41) is 5.80. The van der Waals surface area contributed by atoms with Crippen molar-refractivity contribution in [2.75, 3.05) is 11.5 Å². The van der Waals surface area contributed by atoms with Gasteiger partial charge in [-0.1, -0.05) is 18.2 Å². The highest BCUT2D eigenvalue weighted by Crippen LogP contribution is 2.32. The molecule has 2 heterocycles. The van der Waals surface area contributed by atoms with Crippen molar-refractivity contribution in [1.82, 2.24) is 5.43 Å². The first-order valence-electron chi connectivity index (χ1n) is 8.84. The van der Waals surface area contributed by atoms with Crippen LogP contribution in [-0.2, 0) is 10.0 Å². The monoisotopic (exact) mass is 443 g/mol. The van der Waals surface area contributed by atoms with Crippen molar-refractivity contribution < 1.29 is 22.7 Å². The lowest BCUT2D eigenvalue weighted by atomic mass is 10.1. The molecule has 0 unspecified atom stereocenters. The van der Waals surface area contributed by atoms with Gasteiger partial charge in [0.15, 0.2) is 11.5 Å². The van der Waals surface area contributed by atoms with Gasteiger partial charge in [0.1, 0.15) is 4.21 Å². The summed E-state index contributed by atoms with van der Waals surface area (Å²) in [6, 6.07) is 14.8. The first-order valence-corrected chi connectivity index (χ1v) is 11.2. The molecule has 10 heteroatoms. The SMILES string of the molecule is CC(=NNC(=O)c1ccccc1NS(=O)(=O)c1cccs1)c1ccc2c(c1)OCO2. The molecule has 0 fully saturated rings. The van der Waals surface area contributed by atoms with Gasteiger partial charge in [-0.05, 0) is 48.7 Å². The van der Waals surface area contributed by atoms with Crippen LogP contribution in [-0.4, -0.2) is 26.8 Å². The molecule has 1 aliphatic heterocycles. The molecular formula is C20H17N3O5S2. The third kappa shape index (κ3) is 4.14. The number of carbonyl (C=O) groups excluding carboxylic acids is 1. The van der Waals surface area contributed by atoms with Crippen LogP contribution in [0.5, 0.6) is 11.5 Å². The lowest BCUT2D eigenvalue weighted by Crippen LogP contribution is -2.22. The Labute approximate surface area is 177 Å². The van der Waals surface area contributed by atoms with Crippen molar-refractivity contribution in [3.63, 3.8) is 0 Å². The van der Waals surface area contributed by atoms with E-state index < -0.39 is 15.9 Å². The summed E-state index contributed by atoms with van der Waals surface area (Å²) in [6.07, 6.45) is 0. The third-order valence-electron chi connectivity index (χ3n) is 4.29. The molecule has 3 aromatic rings. The van der Waals surface area contributed by atoms with Crippen LogP contribution in [0.15, 0.2) is 69.3 Å². The maximum Gasteiger partial charge on any atom is 0.273 e. The number of fused-ring (bicyclic) bond motifs is 1. The Hall–Kier alpha value is -3.37. The molecule has 0 atom stereocenters. The molecule has 0 aliphatic carbocycles. The van der Waals surface area contributed by atoms with Crippen LogP contribution in [0.3, 0.4) is 0 Å². The lowest BCUT2D eigenvalue weighted by Gasteiger charge is -2.11. The highest BCUT2D eigenvalue weighted by atomic mass is 32.2. The van der Waals surface area contributed by atoms with Crippen LogP contribution in [0, 0.1) is 0 Å². The van der Waals surface area contributed by atoms with E-state index in [9.17, 15) is 13.2 Å². The Morgan fingerprint density at radius 3 is 2.67 bits per heavy atom. The van der Waals surface area contributed by atoms with Gasteiger partial charge >= 0.3 is 0 Å².